The van der Waals surface area contributed by atoms with Gasteiger partial charge in [0.05, 0.1) is 0 Å². The maximum absolute atomic E-state index is 12.2. The van der Waals surface area contributed by atoms with Gasteiger partial charge in [-0.25, -0.2) is 0 Å². The van der Waals surface area contributed by atoms with Gasteiger partial charge >= 0.3 is 10.1 Å². The van der Waals surface area contributed by atoms with Crippen molar-refractivity contribution in [3.05, 3.63) is 53.1 Å². The van der Waals surface area contributed by atoms with E-state index in [0.717, 1.165) is 16.7 Å². The first-order chi connectivity index (χ1) is 9.29. The lowest BCUT2D eigenvalue weighted by molar-refractivity contribution is 0.472. The molecule has 0 aliphatic carbocycles. The van der Waals surface area contributed by atoms with Gasteiger partial charge < -0.3 is 9.29 Å². The zero-order valence-corrected chi connectivity index (χ0v) is 12.4. The van der Waals surface area contributed by atoms with E-state index in [0.29, 0.717) is 5.75 Å². The molecular weight excluding hydrogens is 276 g/mol. The van der Waals surface area contributed by atoms with Crippen molar-refractivity contribution in [2.45, 2.75) is 25.7 Å². The molecule has 106 valence electrons. The molecule has 1 N–H and O–H groups in total. The standard InChI is InChI=1S/C15H16O4S/c1-10-8-11(2)15(12(3)9-10)19-20(17,18)14-6-4-13(16)5-7-14/h4-9,16H,1-3H3. The van der Waals surface area contributed by atoms with Crippen molar-refractivity contribution < 1.29 is 17.7 Å². The number of phenols is 1. The van der Waals surface area contributed by atoms with Gasteiger partial charge in [-0.15, -0.1) is 0 Å². The van der Waals surface area contributed by atoms with E-state index in [1.807, 2.05) is 32.9 Å². The van der Waals surface area contributed by atoms with Crippen LogP contribution in [0.2, 0.25) is 0 Å². The summed E-state index contributed by atoms with van der Waals surface area (Å²) in [5, 5.41) is 9.20. The van der Waals surface area contributed by atoms with E-state index in [2.05, 4.69) is 0 Å². The average molecular weight is 292 g/mol. The molecule has 20 heavy (non-hydrogen) atoms. The summed E-state index contributed by atoms with van der Waals surface area (Å²) < 4.78 is 29.6. The predicted molar refractivity (Wildman–Crippen MR) is 76.6 cm³/mol. The number of benzene rings is 2. The summed E-state index contributed by atoms with van der Waals surface area (Å²) in [5.41, 5.74) is 2.59. The van der Waals surface area contributed by atoms with Gasteiger partial charge in [-0.05, 0) is 56.2 Å². The van der Waals surface area contributed by atoms with E-state index in [1.165, 1.54) is 24.3 Å². The average Bonchev–Trinajstić information content (AvgIpc) is 2.34. The van der Waals surface area contributed by atoms with Crippen molar-refractivity contribution in [1.29, 1.82) is 0 Å². The van der Waals surface area contributed by atoms with Gasteiger partial charge in [0.1, 0.15) is 16.4 Å². The Labute approximate surface area is 118 Å². The van der Waals surface area contributed by atoms with Crippen LogP contribution in [0.4, 0.5) is 0 Å². The minimum atomic E-state index is -3.90. The van der Waals surface area contributed by atoms with Gasteiger partial charge in [0.25, 0.3) is 0 Å². The first-order valence-electron chi connectivity index (χ1n) is 6.11. The number of rotatable bonds is 3. The summed E-state index contributed by atoms with van der Waals surface area (Å²) in [5.74, 6) is 0.357. The highest BCUT2D eigenvalue weighted by molar-refractivity contribution is 7.87. The maximum atomic E-state index is 12.2. The van der Waals surface area contributed by atoms with Crippen LogP contribution in [0.1, 0.15) is 16.7 Å². The molecular formula is C15H16O4S. The van der Waals surface area contributed by atoms with E-state index in [9.17, 15) is 13.5 Å². The first kappa shape index (κ1) is 14.4. The van der Waals surface area contributed by atoms with Gasteiger partial charge in [0.15, 0.2) is 0 Å². The molecule has 0 radical (unpaired) electrons. The summed E-state index contributed by atoms with van der Waals surface area (Å²) in [4.78, 5) is 0.00896. The third kappa shape index (κ3) is 2.93. The van der Waals surface area contributed by atoms with E-state index >= 15 is 0 Å². The highest BCUT2D eigenvalue weighted by Gasteiger charge is 2.19. The third-order valence-corrected chi connectivity index (χ3v) is 4.16. The van der Waals surface area contributed by atoms with Gasteiger partial charge in [-0.3, -0.25) is 0 Å². The quantitative estimate of drug-likeness (QED) is 0.883. The van der Waals surface area contributed by atoms with Gasteiger partial charge in [0, 0.05) is 0 Å². The number of aryl methyl sites for hydroxylation is 3. The summed E-state index contributed by atoms with van der Waals surface area (Å²) in [6.45, 7) is 5.56. The summed E-state index contributed by atoms with van der Waals surface area (Å²) in [6.07, 6.45) is 0. The molecule has 0 atom stereocenters. The van der Waals surface area contributed by atoms with Crippen LogP contribution in [-0.4, -0.2) is 13.5 Å². The molecule has 5 heteroatoms. The fourth-order valence-electron chi connectivity index (χ4n) is 2.07. The van der Waals surface area contributed by atoms with E-state index in [-0.39, 0.29) is 10.6 Å². The Balaban J connectivity index is 2.41. The van der Waals surface area contributed by atoms with Crippen molar-refractivity contribution in [3.8, 4) is 11.5 Å². The minimum Gasteiger partial charge on any atom is -0.508 e. The Kier molecular flexibility index (Phi) is 3.72. The molecule has 0 aliphatic heterocycles. The Bertz CT molecular complexity index is 708. The summed E-state index contributed by atoms with van der Waals surface area (Å²) >= 11 is 0. The van der Waals surface area contributed by atoms with Crippen molar-refractivity contribution in [2.24, 2.45) is 0 Å². The monoisotopic (exact) mass is 292 g/mol. The van der Waals surface area contributed by atoms with Gasteiger partial charge in [0.2, 0.25) is 0 Å². The fourth-order valence-corrected chi connectivity index (χ4v) is 3.12. The zero-order chi connectivity index (χ0) is 14.9. The molecule has 2 rings (SSSR count). The molecule has 2 aromatic carbocycles. The van der Waals surface area contributed by atoms with Crippen molar-refractivity contribution in [2.75, 3.05) is 0 Å². The number of hydrogen-bond acceptors (Lipinski definition) is 4. The van der Waals surface area contributed by atoms with Crippen LogP contribution >= 0.6 is 0 Å². The lowest BCUT2D eigenvalue weighted by atomic mass is 10.1. The molecule has 0 spiro atoms. The number of aromatic hydroxyl groups is 1. The molecule has 0 amide bonds. The molecule has 0 saturated carbocycles. The SMILES string of the molecule is Cc1cc(C)c(OS(=O)(=O)c2ccc(O)cc2)c(C)c1. The van der Waals surface area contributed by atoms with Crippen LogP contribution in [0.15, 0.2) is 41.3 Å². The van der Waals surface area contributed by atoms with E-state index < -0.39 is 10.1 Å². The van der Waals surface area contributed by atoms with Gasteiger partial charge in [-0.1, -0.05) is 17.7 Å². The number of hydrogen-bond donors (Lipinski definition) is 1. The second-order valence-corrected chi connectivity index (χ2v) is 6.31. The van der Waals surface area contributed by atoms with Crippen LogP contribution in [0.3, 0.4) is 0 Å². The Hall–Kier alpha value is -2.01. The molecule has 4 nitrogen and oxygen atoms in total. The summed E-state index contributed by atoms with van der Waals surface area (Å²) in [7, 11) is -3.90. The first-order valence-corrected chi connectivity index (χ1v) is 7.52. The molecule has 0 aromatic heterocycles. The maximum Gasteiger partial charge on any atom is 0.339 e. The normalized spacial score (nSPS) is 11.3. The molecule has 2 aromatic rings. The van der Waals surface area contributed by atoms with Crippen molar-refractivity contribution in [1.82, 2.24) is 0 Å². The minimum absolute atomic E-state index is 0.00615. The highest BCUT2D eigenvalue weighted by Crippen LogP contribution is 2.28. The third-order valence-electron chi connectivity index (χ3n) is 2.92. The number of phenolic OH excluding ortho intramolecular Hbond substituents is 1. The van der Waals surface area contributed by atoms with Gasteiger partial charge in [-0.2, -0.15) is 8.42 Å². The smallest absolute Gasteiger partial charge is 0.339 e. The Morgan fingerprint density at radius 2 is 1.45 bits per heavy atom. The van der Waals surface area contributed by atoms with Crippen LogP contribution in [-0.2, 0) is 10.1 Å². The van der Waals surface area contributed by atoms with Crippen molar-refractivity contribution >= 4 is 10.1 Å². The highest BCUT2D eigenvalue weighted by atomic mass is 32.2. The molecule has 0 heterocycles. The molecule has 0 aliphatic rings. The van der Waals surface area contributed by atoms with Crippen LogP contribution in [0.25, 0.3) is 0 Å². The lowest BCUT2D eigenvalue weighted by Crippen LogP contribution is -2.11. The predicted octanol–water partition coefficient (Wildman–Crippen LogP) is 3.09. The van der Waals surface area contributed by atoms with Crippen LogP contribution in [0.5, 0.6) is 11.5 Å². The topological polar surface area (TPSA) is 63.6 Å². The van der Waals surface area contributed by atoms with Crippen LogP contribution < -0.4 is 4.18 Å². The largest absolute Gasteiger partial charge is 0.508 e. The Morgan fingerprint density at radius 3 is 1.95 bits per heavy atom. The molecule has 0 unspecified atom stereocenters. The van der Waals surface area contributed by atoms with E-state index in [4.69, 9.17) is 4.18 Å². The zero-order valence-electron chi connectivity index (χ0n) is 11.5. The molecule has 0 fully saturated rings. The van der Waals surface area contributed by atoms with E-state index in [1.54, 1.807) is 0 Å². The molecule has 0 bridgehead atoms. The van der Waals surface area contributed by atoms with Crippen molar-refractivity contribution in [3.63, 3.8) is 0 Å². The summed E-state index contributed by atoms with van der Waals surface area (Å²) in [6, 6.07) is 8.98. The molecule has 0 saturated heterocycles. The van der Waals surface area contributed by atoms with Crippen LogP contribution in [0, 0.1) is 20.8 Å². The lowest BCUT2D eigenvalue weighted by Gasteiger charge is -2.13. The Morgan fingerprint density at radius 1 is 0.950 bits per heavy atom. The second kappa shape index (κ2) is 5.17. The fraction of sp³-hybridized carbons (Fsp3) is 0.200. The second-order valence-electron chi connectivity index (χ2n) is 4.76.